The number of carbonyl (C=O) groups is 1. The van der Waals surface area contributed by atoms with E-state index in [0.29, 0.717) is 12.0 Å². The number of amides is 2. The average molecular weight is 349 g/mol. The molecular formula is C18H28N4OS. The highest BCUT2D eigenvalue weighted by molar-refractivity contribution is 7.09. The Balaban J connectivity index is 1.40. The number of aryl methyl sites for hydroxylation is 1. The third-order valence-corrected chi connectivity index (χ3v) is 6.63. The Kier molecular flexibility index (Phi) is 4.77. The Hall–Kier alpha value is -1.14. The van der Waals surface area contributed by atoms with Gasteiger partial charge in [0.1, 0.15) is 5.01 Å². The number of hydrogen-bond acceptors (Lipinski definition) is 4. The summed E-state index contributed by atoms with van der Waals surface area (Å²) in [4.78, 5) is 22.2. The maximum Gasteiger partial charge on any atom is 0.318 e. The van der Waals surface area contributed by atoms with Crippen molar-refractivity contribution in [2.45, 2.75) is 57.5 Å². The number of nitrogens with zero attached hydrogens (tertiary/aromatic N) is 3. The zero-order valence-corrected chi connectivity index (χ0v) is 15.4. The largest absolute Gasteiger partial charge is 0.328 e. The number of carbonyl (C=O) groups excluding carboxylic acids is 1. The summed E-state index contributed by atoms with van der Waals surface area (Å²) >= 11 is 1.68. The number of hydrogen-bond donors (Lipinski definition) is 1. The predicted molar refractivity (Wildman–Crippen MR) is 96.2 cm³/mol. The van der Waals surface area contributed by atoms with Crippen LogP contribution in [0.5, 0.6) is 0 Å². The van der Waals surface area contributed by atoms with Gasteiger partial charge < -0.3 is 15.1 Å². The summed E-state index contributed by atoms with van der Waals surface area (Å²) in [5.41, 5.74) is 1.06. The molecule has 6 heteroatoms. The molecule has 0 bridgehead atoms. The number of urea groups is 1. The third kappa shape index (κ3) is 3.59. The lowest BCUT2D eigenvalue weighted by Gasteiger charge is -2.30. The highest BCUT2D eigenvalue weighted by atomic mass is 32.1. The Morgan fingerprint density at radius 1 is 1.29 bits per heavy atom. The van der Waals surface area contributed by atoms with E-state index >= 15 is 0 Å². The number of likely N-dealkylation sites (tertiary alicyclic amines) is 2. The molecule has 2 saturated heterocycles. The SMILES string of the molecule is Cc1csc([C@H](NC(=O)N2CCC[C@@H]2CN2CCCC2)C2CC2)n1. The second-order valence-electron chi connectivity index (χ2n) is 7.59. The van der Waals surface area contributed by atoms with E-state index in [4.69, 9.17) is 0 Å². The van der Waals surface area contributed by atoms with E-state index in [9.17, 15) is 4.79 Å². The molecule has 5 nitrogen and oxygen atoms in total. The first-order valence-electron chi connectivity index (χ1n) is 9.42. The minimum atomic E-state index is 0.115. The van der Waals surface area contributed by atoms with Crippen molar-refractivity contribution in [1.82, 2.24) is 20.1 Å². The molecule has 3 aliphatic rings. The quantitative estimate of drug-likeness (QED) is 0.889. The summed E-state index contributed by atoms with van der Waals surface area (Å²) in [6, 6.07) is 0.631. The van der Waals surface area contributed by atoms with Crippen LogP contribution in [0.15, 0.2) is 5.38 Å². The topological polar surface area (TPSA) is 48.5 Å². The van der Waals surface area contributed by atoms with Crippen molar-refractivity contribution in [3.8, 4) is 0 Å². The molecule has 1 aliphatic carbocycles. The summed E-state index contributed by atoms with van der Waals surface area (Å²) < 4.78 is 0. The van der Waals surface area contributed by atoms with Gasteiger partial charge in [0.25, 0.3) is 0 Å². The van der Waals surface area contributed by atoms with E-state index < -0.39 is 0 Å². The van der Waals surface area contributed by atoms with Crippen LogP contribution < -0.4 is 5.32 Å². The summed E-state index contributed by atoms with van der Waals surface area (Å²) in [6.07, 6.45) is 7.32. The highest BCUT2D eigenvalue weighted by Crippen LogP contribution is 2.42. The lowest BCUT2D eigenvalue weighted by molar-refractivity contribution is 0.170. The first-order valence-corrected chi connectivity index (χ1v) is 10.3. The fourth-order valence-electron chi connectivity index (χ4n) is 4.10. The van der Waals surface area contributed by atoms with Gasteiger partial charge in [0, 0.05) is 30.2 Å². The van der Waals surface area contributed by atoms with Crippen LogP contribution in [0.25, 0.3) is 0 Å². The number of aromatic nitrogens is 1. The molecule has 0 radical (unpaired) electrons. The van der Waals surface area contributed by atoms with Crippen molar-refractivity contribution in [2.24, 2.45) is 5.92 Å². The molecule has 3 fully saturated rings. The molecule has 0 aromatic carbocycles. The lowest BCUT2D eigenvalue weighted by Crippen LogP contribution is -2.48. The van der Waals surface area contributed by atoms with Gasteiger partial charge in [-0.25, -0.2) is 9.78 Å². The molecule has 132 valence electrons. The highest BCUT2D eigenvalue weighted by Gasteiger charge is 2.38. The molecule has 24 heavy (non-hydrogen) atoms. The normalized spacial score (nSPS) is 26.0. The van der Waals surface area contributed by atoms with E-state index in [-0.39, 0.29) is 12.1 Å². The number of nitrogens with one attached hydrogen (secondary N) is 1. The molecule has 3 heterocycles. The van der Waals surface area contributed by atoms with Crippen LogP contribution in [0, 0.1) is 12.8 Å². The molecule has 2 atom stereocenters. The van der Waals surface area contributed by atoms with Gasteiger partial charge in [-0.3, -0.25) is 0 Å². The van der Waals surface area contributed by atoms with E-state index in [0.717, 1.165) is 36.6 Å². The van der Waals surface area contributed by atoms with Crippen molar-refractivity contribution in [3.05, 3.63) is 16.1 Å². The number of thiazole rings is 1. The molecule has 0 unspecified atom stereocenters. The van der Waals surface area contributed by atoms with Crippen LogP contribution in [-0.4, -0.2) is 53.0 Å². The summed E-state index contributed by atoms with van der Waals surface area (Å²) in [5.74, 6) is 0.583. The molecule has 4 rings (SSSR count). The van der Waals surface area contributed by atoms with E-state index in [1.165, 1.54) is 38.8 Å². The van der Waals surface area contributed by atoms with Crippen LogP contribution in [0.3, 0.4) is 0 Å². The van der Waals surface area contributed by atoms with Gasteiger partial charge in [-0.05, 0) is 64.5 Å². The van der Waals surface area contributed by atoms with Gasteiger partial charge >= 0.3 is 6.03 Å². The Morgan fingerprint density at radius 2 is 2.08 bits per heavy atom. The Morgan fingerprint density at radius 3 is 2.75 bits per heavy atom. The molecule has 1 aromatic rings. The van der Waals surface area contributed by atoms with Gasteiger partial charge in [-0.1, -0.05) is 0 Å². The second-order valence-corrected chi connectivity index (χ2v) is 8.48. The van der Waals surface area contributed by atoms with Gasteiger partial charge in [0.2, 0.25) is 0 Å². The molecular weight excluding hydrogens is 320 g/mol. The van der Waals surface area contributed by atoms with Crippen molar-refractivity contribution in [1.29, 1.82) is 0 Å². The lowest BCUT2D eigenvalue weighted by atomic mass is 10.2. The summed E-state index contributed by atoms with van der Waals surface area (Å²) in [7, 11) is 0. The van der Waals surface area contributed by atoms with Crippen molar-refractivity contribution >= 4 is 17.4 Å². The van der Waals surface area contributed by atoms with Crippen LogP contribution in [0.2, 0.25) is 0 Å². The van der Waals surface area contributed by atoms with Crippen molar-refractivity contribution in [2.75, 3.05) is 26.2 Å². The number of rotatable bonds is 5. The monoisotopic (exact) mass is 348 g/mol. The average Bonchev–Trinajstić information content (AvgIpc) is 2.96. The zero-order valence-electron chi connectivity index (χ0n) is 14.5. The Labute approximate surface area is 148 Å². The fourth-order valence-corrected chi connectivity index (χ4v) is 5.04. The molecule has 0 spiro atoms. The molecule has 1 N–H and O–H groups in total. The molecule has 1 saturated carbocycles. The van der Waals surface area contributed by atoms with Crippen molar-refractivity contribution < 1.29 is 4.79 Å². The van der Waals surface area contributed by atoms with Gasteiger partial charge in [-0.2, -0.15) is 0 Å². The minimum absolute atomic E-state index is 0.115. The molecule has 2 aliphatic heterocycles. The van der Waals surface area contributed by atoms with E-state index in [2.05, 4.69) is 25.5 Å². The smallest absolute Gasteiger partial charge is 0.318 e. The molecule has 1 aromatic heterocycles. The summed E-state index contributed by atoms with van der Waals surface area (Å²) in [6.45, 7) is 6.39. The summed E-state index contributed by atoms with van der Waals surface area (Å²) in [5, 5.41) is 6.49. The standard InChI is InChI=1S/C18H28N4OS/c1-13-12-24-17(19-13)16(14-6-7-14)20-18(23)22-10-4-5-15(22)11-21-8-2-3-9-21/h12,14-16H,2-11H2,1H3,(H,20,23)/t15-,16-/m1/s1. The van der Waals surface area contributed by atoms with E-state index in [1.807, 2.05) is 6.92 Å². The second kappa shape index (κ2) is 7.00. The molecule has 2 amide bonds. The van der Waals surface area contributed by atoms with Gasteiger partial charge in [0.15, 0.2) is 0 Å². The first-order chi connectivity index (χ1) is 11.7. The van der Waals surface area contributed by atoms with Crippen molar-refractivity contribution in [3.63, 3.8) is 0 Å². The first kappa shape index (κ1) is 16.3. The van der Waals surface area contributed by atoms with Crippen LogP contribution in [0.1, 0.15) is 55.3 Å². The maximum absolute atomic E-state index is 12.9. The van der Waals surface area contributed by atoms with Crippen LogP contribution in [0.4, 0.5) is 4.79 Å². The minimum Gasteiger partial charge on any atom is -0.328 e. The van der Waals surface area contributed by atoms with Gasteiger partial charge in [-0.15, -0.1) is 11.3 Å². The van der Waals surface area contributed by atoms with E-state index in [1.54, 1.807) is 11.3 Å². The maximum atomic E-state index is 12.9. The fraction of sp³-hybridized carbons (Fsp3) is 0.778. The third-order valence-electron chi connectivity index (χ3n) is 5.58. The van der Waals surface area contributed by atoms with Crippen LogP contribution in [-0.2, 0) is 0 Å². The van der Waals surface area contributed by atoms with Crippen LogP contribution >= 0.6 is 11.3 Å². The Bertz CT molecular complexity index is 579. The zero-order chi connectivity index (χ0) is 16.5. The predicted octanol–water partition coefficient (Wildman–Crippen LogP) is 3.17. The van der Waals surface area contributed by atoms with Gasteiger partial charge in [0.05, 0.1) is 6.04 Å².